The maximum atomic E-state index is 12.4. The Bertz CT molecular complexity index is 1150. The van der Waals surface area contributed by atoms with Gasteiger partial charge in [-0.15, -0.1) is 10.2 Å². The van der Waals surface area contributed by atoms with E-state index in [1.807, 2.05) is 42.5 Å². The fraction of sp³-hybridized carbons (Fsp3) is 0.143. The monoisotopic (exact) mass is 407 g/mol. The quantitative estimate of drug-likeness (QED) is 0.528. The second-order valence-corrected chi connectivity index (χ2v) is 6.84. The molecule has 29 heavy (non-hydrogen) atoms. The number of hydrogen-bond acceptors (Lipinski definition) is 5. The number of fused-ring (bicyclic) bond motifs is 1. The van der Waals surface area contributed by atoms with Gasteiger partial charge in [0.15, 0.2) is 17.6 Å². The lowest BCUT2D eigenvalue weighted by molar-refractivity contribution is -0.127. The number of carbonyl (C=O) groups is 1. The summed E-state index contributed by atoms with van der Waals surface area (Å²) >= 11 is 5.94. The summed E-state index contributed by atoms with van der Waals surface area (Å²) in [5, 5.41) is 16.2. The Morgan fingerprint density at radius 2 is 1.93 bits per heavy atom. The predicted molar refractivity (Wildman–Crippen MR) is 110 cm³/mol. The van der Waals surface area contributed by atoms with Crippen LogP contribution in [-0.2, 0) is 11.3 Å². The molecule has 1 atom stereocenters. The molecular weight excluding hydrogens is 390 g/mol. The van der Waals surface area contributed by atoms with E-state index in [0.717, 1.165) is 11.3 Å². The predicted octanol–water partition coefficient (Wildman–Crippen LogP) is 3.53. The third-order valence-corrected chi connectivity index (χ3v) is 4.53. The molecule has 0 aliphatic carbocycles. The van der Waals surface area contributed by atoms with Crippen molar-refractivity contribution < 1.29 is 9.53 Å². The molecule has 0 fully saturated rings. The third kappa shape index (κ3) is 4.35. The van der Waals surface area contributed by atoms with Gasteiger partial charge < -0.3 is 10.1 Å². The molecule has 1 amide bonds. The summed E-state index contributed by atoms with van der Waals surface area (Å²) in [6, 6.07) is 20.5. The highest BCUT2D eigenvalue weighted by Crippen LogP contribution is 2.19. The average molecular weight is 408 g/mol. The van der Waals surface area contributed by atoms with Crippen molar-refractivity contribution in [3.8, 4) is 17.0 Å². The van der Waals surface area contributed by atoms with Gasteiger partial charge in [-0.2, -0.15) is 9.61 Å². The van der Waals surface area contributed by atoms with Crippen molar-refractivity contribution in [1.29, 1.82) is 0 Å². The Morgan fingerprint density at radius 3 is 2.72 bits per heavy atom. The second-order valence-electron chi connectivity index (χ2n) is 6.41. The first-order valence-corrected chi connectivity index (χ1v) is 9.44. The van der Waals surface area contributed by atoms with E-state index >= 15 is 0 Å². The lowest BCUT2D eigenvalue weighted by atomic mass is 10.1. The first-order chi connectivity index (χ1) is 14.1. The van der Waals surface area contributed by atoms with Gasteiger partial charge in [-0.1, -0.05) is 48.0 Å². The van der Waals surface area contributed by atoms with Crippen LogP contribution in [0.2, 0.25) is 5.02 Å². The SMILES string of the molecule is C[C@H](Oc1cccc(Cl)c1)C(=O)NCc1nnc2ccc(-c3ccccc3)nn12. The molecule has 146 valence electrons. The van der Waals surface area contributed by atoms with E-state index in [9.17, 15) is 4.79 Å². The first-order valence-electron chi connectivity index (χ1n) is 9.07. The van der Waals surface area contributed by atoms with Crippen molar-refractivity contribution in [2.24, 2.45) is 0 Å². The maximum Gasteiger partial charge on any atom is 0.261 e. The maximum absolute atomic E-state index is 12.4. The summed E-state index contributed by atoms with van der Waals surface area (Å²) in [4.78, 5) is 12.4. The number of nitrogens with one attached hydrogen (secondary N) is 1. The van der Waals surface area contributed by atoms with Gasteiger partial charge in [-0.25, -0.2) is 0 Å². The van der Waals surface area contributed by atoms with Gasteiger partial charge in [-0.3, -0.25) is 4.79 Å². The van der Waals surface area contributed by atoms with E-state index in [1.165, 1.54) is 0 Å². The van der Waals surface area contributed by atoms with Crippen molar-refractivity contribution in [2.75, 3.05) is 0 Å². The number of benzene rings is 2. The van der Waals surface area contributed by atoms with E-state index in [2.05, 4.69) is 20.6 Å². The molecule has 4 rings (SSSR count). The molecule has 0 aliphatic rings. The van der Waals surface area contributed by atoms with Crippen LogP contribution in [0.4, 0.5) is 0 Å². The van der Waals surface area contributed by atoms with Gasteiger partial charge in [0.25, 0.3) is 5.91 Å². The van der Waals surface area contributed by atoms with Gasteiger partial charge in [0.1, 0.15) is 5.75 Å². The van der Waals surface area contributed by atoms with Crippen LogP contribution in [0, 0.1) is 0 Å². The Kier molecular flexibility index (Phi) is 5.39. The van der Waals surface area contributed by atoms with E-state index in [0.29, 0.717) is 22.2 Å². The molecule has 0 saturated heterocycles. The molecular formula is C21H18ClN5O2. The smallest absolute Gasteiger partial charge is 0.261 e. The highest BCUT2D eigenvalue weighted by atomic mass is 35.5. The van der Waals surface area contributed by atoms with Crippen molar-refractivity contribution in [1.82, 2.24) is 25.1 Å². The van der Waals surface area contributed by atoms with Crippen LogP contribution in [0.3, 0.4) is 0 Å². The number of aromatic nitrogens is 4. The highest BCUT2D eigenvalue weighted by molar-refractivity contribution is 6.30. The van der Waals surface area contributed by atoms with E-state index in [-0.39, 0.29) is 12.5 Å². The number of rotatable bonds is 6. The largest absolute Gasteiger partial charge is 0.481 e. The van der Waals surface area contributed by atoms with Crippen LogP contribution >= 0.6 is 11.6 Å². The Labute approximate surface area is 172 Å². The number of halogens is 1. The number of ether oxygens (including phenoxy) is 1. The fourth-order valence-electron chi connectivity index (χ4n) is 2.81. The van der Waals surface area contributed by atoms with Crippen molar-refractivity contribution in [3.05, 3.63) is 77.6 Å². The zero-order valence-electron chi connectivity index (χ0n) is 15.6. The minimum absolute atomic E-state index is 0.175. The van der Waals surface area contributed by atoms with Gasteiger partial charge in [-0.05, 0) is 37.3 Å². The minimum Gasteiger partial charge on any atom is -0.481 e. The minimum atomic E-state index is -0.694. The van der Waals surface area contributed by atoms with Crippen LogP contribution in [0.1, 0.15) is 12.7 Å². The topological polar surface area (TPSA) is 81.4 Å². The van der Waals surface area contributed by atoms with Crippen molar-refractivity contribution in [2.45, 2.75) is 19.6 Å². The van der Waals surface area contributed by atoms with Crippen LogP contribution in [0.25, 0.3) is 16.9 Å². The number of amides is 1. The summed E-state index contributed by atoms with van der Waals surface area (Å²) in [6.45, 7) is 1.85. The normalized spacial score (nSPS) is 11.9. The molecule has 0 aliphatic heterocycles. The molecule has 1 N–H and O–H groups in total. The second kappa shape index (κ2) is 8.28. The van der Waals surface area contributed by atoms with E-state index in [1.54, 1.807) is 35.7 Å². The summed E-state index contributed by atoms with van der Waals surface area (Å²) in [6.07, 6.45) is -0.694. The molecule has 0 radical (unpaired) electrons. The van der Waals surface area contributed by atoms with Crippen LogP contribution in [0.5, 0.6) is 5.75 Å². The Morgan fingerprint density at radius 1 is 1.10 bits per heavy atom. The Hall–Kier alpha value is -3.45. The highest BCUT2D eigenvalue weighted by Gasteiger charge is 2.16. The lowest BCUT2D eigenvalue weighted by Gasteiger charge is -2.14. The van der Waals surface area contributed by atoms with Gasteiger partial charge in [0, 0.05) is 10.6 Å². The molecule has 0 bridgehead atoms. The molecule has 0 unspecified atom stereocenters. The summed E-state index contributed by atoms with van der Waals surface area (Å²) in [5.74, 6) is 0.782. The zero-order valence-corrected chi connectivity index (χ0v) is 16.4. The van der Waals surface area contributed by atoms with Crippen LogP contribution in [-0.4, -0.2) is 31.8 Å². The number of carbonyl (C=O) groups excluding carboxylic acids is 1. The van der Waals surface area contributed by atoms with Crippen LogP contribution < -0.4 is 10.1 Å². The third-order valence-electron chi connectivity index (χ3n) is 4.30. The molecule has 2 heterocycles. The van der Waals surface area contributed by atoms with E-state index in [4.69, 9.17) is 16.3 Å². The lowest BCUT2D eigenvalue weighted by Crippen LogP contribution is -2.36. The average Bonchev–Trinajstić information content (AvgIpc) is 3.15. The number of nitrogens with zero attached hydrogens (tertiary/aromatic N) is 4. The molecule has 8 heteroatoms. The van der Waals surface area contributed by atoms with Crippen LogP contribution in [0.15, 0.2) is 66.7 Å². The summed E-state index contributed by atoms with van der Waals surface area (Å²) in [5.41, 5.74) is 2.39. The van der Waals surface area contributed by atoms with Crippen molar-refractivity contribution in [3.63, 3.8) is 0 Å². The Balaban J connectivity index is 1.45. The summed E-state index contributed by atoms with van der Waals surface area (Å²) in [7, 11) is 0. The van der Waals surface area contributed by atoms with Gasteiger partial charge in [0.05, 0.1) is 12.2 Å². The van der Waals surface area contributed by atoms with E-state index < -0.39 is 6.10 Å². The summed E-state index contributed by atoms with van der Waals surface area (Å²) < 4.78 is 7.27. The van der Waals surface area contributed by atoms with Gasteiger partial charge in [0.2, 0.25) is 0 Å². The molecule has 0 saturated carbocycles. The molecule has 7 nitrogen and oxygen atoms in total. The molecule has 4 aromatic rings. The fourth-order valence-corrected chi connectivity index (χ4v) is 2.99. The molecule has 2 aromatic carbocycles. The standard InChI is InChI=1S/C21H18ClN5O2/c1-14(29-17-9-5-8-16(22)12-17)21(28)23-13-20-25-24-19-11-10-18(26-27(19)20)15-6-3-2-4-7-15/h2-12,14H,13H2,1H3,(H,23,28)/t14-/m0/s1. The first kappa shape index (κ1) is 18.9. The van der Waals surface area contributed by atoms with Crippen molar-refractivity contribution >= 4 is 23.2 Å². The number of hydrogen-bond donors (Lipinski definition) is 1. The van der Waals surface area contributed by atoms with Gasteiger partial charge >= 0.3 is 0 Å². The molecule has 0 spiro atoms. The molecule has 2 aromatic heterocycles. The zero-order chi connectivity index (χ0) is 20.2.